The zero-order chi connectivity index (χ0) is 22.9. The number of benzene rings is 2. The fourth-order valence-corrected chi connectivity index (χ4v) is 6.23. The summed E-state index contributed by atoms with van der Waals surface area (Å²) in [6.07, 6.45) is 5.32. The summed E-state index contributed by atoms with van der Waals surface area (Å²) in [6, 6.07) is 13.2. The molecule has 2 aromatic carbocycles. The highest BCUT2D eigenvalue weighted by atomic mass is 79.9. The van der Waals surface area contributed by atoms with E-state index in [0.717, 1.165) is 10.9 Å². The van der Waals surface area contributed by atoms with Gasteiger partial charge in [0.15, 0.2) is 12.4 Å². The van der Waals surface area contributed by atoms with E-state index in [4.69, 9.17) is 4.74 Å². The Bertz CT molecular complexity index is 1200. The Morgan fingerprint density at radius 1 is 0.909 bits per heavy atom. The summed E-state index contributed by atoms with van der Waals surface area (Å²) in [7, 11) is 0. The van der Waals surface area contributed by atoms with Crippen molar-refractivity contribution in [3.05, 3.63) is 76.3 Å². The summed E-state index contributed by atoms with van der Waals surface area (Å²) in [4.78, 5) is 53.3. The van der Waals surface area contributed by atoms with Crippen LogP contribution in [0.25, 0.3) is 0 Å². The highest BCUT2D eigenvalue weighted by Gasteiger charge is 2.67. The molecule has 7 rings (SSSR count). The summed E-state index contributed by atoms with van der Waals surface area (Å²) < 4.78 is 6.12. The van der Waals surface area contributed by atoms with E-state index in [1.165, 1.54) is 11.0 Å². The van der Waals surface area contributed by atoms with E-state index < -0.39 is 12.6 Å². The second-order valence-electron chi connectivity index (χ2n) is 9.19. The minimum atomic E-state index is -0.740. The predicted molar refractivity (Wildman–Crippen MR) is 122 cm³/mol. The Hall–Kier alpha value is -3.06. The molecule has 2 amide bonds. The van der Waals surface area contributed by atoms with Gasteiger partial charge in [0.05, 0.1) is 23.1 Å². The Labute approximate surface area is 198 Å². The molecule has 0 spiro atoms. The summed E-state index contributed by atoms with van der Waals surface area (Å²) in [6.45, 7) is -0.431. The van der Waals surface area contributed by atoms with Gasteiger partial charge in [-0.2, -0.15) is 0 Å². The lowest BCUT2D eigenvalue weighted by atomic mass is 9.63. The van der Waals surface area contributed by atoms with Gasteiger partial charge in [0, 0.05) is 10.0 Å². The van der Waals surface area contributed by atoms with E-state index in [-0.39, 0.29) is 52.5 Å². The van der Waals surface area contributed by atoms with Crippen molar-refractivity contribution in [3.63, 3.8) is 0 Å². The Morgan fingerprint density at radius 2 is 1.52 bits per heavy atom. The van der Waals surface area contributed by atoms with Crippen LogP contribution in [0.2, 0.25) is 0 Å². The van der Waals surface area contributed by atoms with Crippen molar-refractivity contribution in [2.45, 2.75) is 6.42 Å². The van der Waals surface area contributed by atoms with Crippen molar-refractivity contribution < 1.29 is 23.9 Å². The van der Waals surface area contributed by atoms with Crippen LogP contribution in [0.15, 0.2) is 65.2 Å². The average molecular weight is 506 g/mol. The molecule has 1 saturated heterocycles. The number of imide groups is 1. The molecule has 2 aromatic rings. The summed E-state index contributed by atoms with van der Waals surface area (Å²) in [5.74, 6) is -1.03. The summed E-state index contributed by atoms with van der Waals surface area (Å²) in [5, 5.41) is 0. The minimum absolute atomic E-state index is 0.104. The Morgan fingerprint density at radius 3 is 2.15 bits per heavy atom. The summed E-state index contributed by atoms with van der Waals surface area (Å²) >= 11 is 3.32. The quantitative estimate of drug-likeness (QED) is 0.265. The number of Topliss-reactive ketones (excluding diaryl/α,β-unsaturated/α-hetero) is 1. The molecule has 166 valence electrons. The molecular weight excluding hydrogens is 486 g/mol. The largest absolute Gasteiger partial charge is 0.454 e. The topological polar surface area (TPSA) is 80.8 Å². The number of anilines is 1. The number of hydrogen-bond donors (Lipinski definition) is 0. The van der Waals surface area contributed by atoms with E-state index >= 15 is 0 Å². The van der Waals surface area contributed by atoms with Gasteiger partial charge in [0.1, 0.15) is 0 Å². The van der Waals surface area contributed by atoms with Crippen LogP contribution in [0.5, 0.6) is 0 Å². The van der Waals surface area contributed by atoms with Crippen LogP contribution < -0.4 is 4.90 Å². The smallest absolute Gasteiger partial charge is 0.340 e. The number of halogens is 1. The predicted octanol–water partition coefficient (Wildman–Crippen LogP) is 4.05. The highest BCUT2D eigenvalue weighted by molar-refractivity contribution is 9.10. The molecule has 7 heteroatoms. The molecule has 4 aliphatic carbocycles. The number of ether oxygens (including phenoxy) is 1. The number of rotatable bonds is 5. The van der Waals surface area contributed by atoms with Crippen LogP contribution >= 0.6 is 15.9 Å². The lowest BCUT2D eigenvalue weighted by Gasteiger charge is -2.37. The van der Waals surface area contributed by atoms with Gasteiger partial charge in [-0.15, -0.1) is 0 Å². The SMILES string of the molecule is O=C(COC(=O)c1ccccc1N1C(=O)[C@H]2[C@@H]3C=C[C@H]([C@H]4C[C@H]34)[C@@H]2C1=O)c1ccc(Br)cc1. The molecule has 6 atom stereocenters. The molecule has 0 aromatic heterocycles. The molecule has 3 fully saturated rings. The number of ketones is 1. The van der Waals surface area contributed by atoms with Gasteiger partial charge in [-0.3, -0.25) is 14.4 Å². The van der Waals surface area contributed by atoms with E-state index in [1.807, 2.05) is 0 Å². The van der Waals surface area contributed by atoms with Gasteiger partial charge < -0.3 is 4.74 Å². The first-order valence-corrected chi connectivity index (χ1v) is 11.9. The fourth-order valence-electron chi connectivity index (χ4n) is 5.96. The number of nitrogens with zero attached hydrogens (tertiary/aromatic N) is 1. The molecule has 0 unspecified atom stereocenters. The molecule has 0 N–H and O–H groups in total. The first kappa shape index (κ1) is 20.5. The van der Waals surface area contributed by atoms with Gasteiger partial charge in [-0.05, 0) is 54.4 Å². The van der Waals surface area contributed by atoms with Gasteiger partial charge >= 0.3 is 5.97 Å². The minimum Gasteiger partial charge on any atom is -0.454 e. The third-order valence-corrected chi connectivity index (χ3v) is 8.06. The van der Waals surface area contributed by atoms with E-state index in [0.29, 0.717) is 17.4 Å². The molecule has 0 radical (unpaired) electrons. The van der Waals surface area contributed by atoms with Crippen LogP contribution in [0.3, 0.4) is 0 Å². The maximum atomic E-state index is 13.4. The van der Waals surface area contributed by atoms with E-state index in [9.17, 15) is 19.2 Å². The third-order valence-electron chi connectivity index (χ3n) is 7.53. The van der Waals surface area contributed by atoms with Gasteiger partial charge in [0.2, 0.25) is 11.8 Å². The molecule has 1 aliphatic heterocycles. The number of carbonyl (C=O) groups is 4. The molecule has 33 heavy (non-hydrogen) atoms. The number of hydrogen-bond acceptors (Lipinski definition) is 5. The first-order chi connectivity index (χ1) is 16.0. The lowest BCUT2D eigenvalue weighted by molar-refractivity contribution is -0.124. The Balaban J connectivity index is 1.24. The van der Waals surface area contributed by atoms with Crippen molar-refractivity contribution in [1.29, 1.82) is 0 Å². The average Bonchev–Trinajstić information content (AvgIpc) is 3.61. The van der Waals surface area contributed by atoms with Gasteiger partial charge in [0.25, 0.3) is 0 Å². The standard InChI is InChI=1S/C26H20BrNO5/c27-14-7-5-13(6-8-14)21(29)12-33-26(32)17-3-1-2-4-20(17)28-24(30)22-15-9-10-16(19-11-18(15)19)23(22)25(28)31/h1-10,15-16,18-19,22-23H,11-12H2/t15-,16-,18-,19-,22+,23+/m1/s1. The molecule has 2 saturated carbocycles. The van der Waals surface area contributed by atoms with Crippen molar-refractivity contribution in [1.82, 2.24) is 0 Å². The zero-order valence-corrected chi connectivity index (χ0v) is 19.1. The van der Waals surface area contributed by atoms with E-state index in [1.54, 1.807) is 42.5 Å². The Kier molecular flexibility index (Phi) is 4.66. The first-order valence-electron chi connectivity index (χ1n) is 11.1. The second-order valence-corrected chi connectivity index (χ2v) is 10.1. The molecule has 1 heterocycles. The van der Waals surface area contributed by atoms with Crippen LogP contribution in [-0.2, 0) is 14.3 Å². The number of esters is 1. The summed E-state index contributed by atoms with van der Waals surface area (Å²) in [5.41, 5.74) is 0.762. The lowest BCUT2D eigenvalue weighted by Crippen LogP contribution is -2.40. The van der Waals surface area contributed by atoms with Crippen LogP contribution in [-0.4, -0.2) is 30.2 Å². The van der Waals surface area contributed by atoms with Crippen LogP contribution in [0.1, 0.15) is 27.1 Å². The maximum Gasteiger partial charge on any atom is 0.340 e. The normalized spacial score (nSPS) is 30.8. The number of allylic oxidation sites excluding steroid dienone is 2. The second kappa shape index (κ2) is 7.48. The van der Waals surface area contributed by atoms with Gasteiger partial charge in [-0.25, -0.2) is 9.69 Å². The third kappa shape index (κ3) is 3.13. The number of carbonyl (C=O) groups excluding carboxylic acids is 4. The van der Waals surface area contributed by atoms with Crippen molar-refractivity contribution in [2.75, 3.05) is 11.5 Å². The molecule has 2 bridgehead atoms. The zero-order valence-electron chi connectivity index (χ0n) is 17.5. The van der Waals surface area contributed by atoms with Gasteiger partial charge in [-0.1, -0.05) is 52.3 Å². The van der Waals surface area contributed by atoms with E-state index in [2.05, 4.69) is 28.1 Å². The molecule has 6 nitrogen and oxygen atoms in total. The molecular formula is C26H20BrNO5. The molecule has 5 aliphatic rings. The van der Waals surface area contributed by atoms with Crippen LogP contribution in [0.4, 0.5) is 5.69 Å². The van der Waals surface area contributed by atoms with Crippen molar-refractivity contribution >= 4 is 45.2 Å². The number of amides is 2. The fraction of sp³-hybridized carbons (Fsp3) is 0.308. The van der Waals surface area contributed by atoms with Crippen LogP contribution in [0, 0.1) is 35.5 Å². The van der Waals surface area contributed by atoms with Crippen molar-refractivity contribution in [2.24, 2.45) is 35.5 Å². The highest BCUT2D eigenvalue weighted by Crippen LogP contribution is 2.65. The van der Waals surface area contributed by atoms with Crippen molar-refractivity contribution in [3.8, 4) is 0 Å². The maximum absolute atomic E-state index is 13.4. The number of para-hydroxylation sites is 1. The monoisotopic (exact) mass is 505 g/mol.